The Balaban J connectivity index is 2.99. The fourth-order valence-corrected chi connectivity index (χ4v) is 2.79. The van der Waals surface area contributed by atoms with Crippen molar-refractivity contribution in [3.05, 3.63) is 21.1 Å². The lowest BCUT2D eigenvalue weighted by atomic mass is 9.96. The monoisotopic (exact) mass is 342 g/mol. The summed E-state index contributed by atoms with van der Waals surface area (Å²) in [6.45, 7) is 13.0. The number of hydrogen-bond donors (Lipinski definition) is 0. The molecule has 7 nitrogen and oxygen atoms in total. The van der Waals surface area contributed by atoms with Crippen LogP contribution in [0.5, 0.6) is 0 Å². The number of aromatic nitrogens is 1. The van der Waals surface area contributed by atoms with Crippen molar-refractivity contribution in [3.8, 4) is 0 Å². The molecule has 0 fully saturated rings. The number of amides is 1. The fourth-order valence-electron chi connectivity index (χ4n) is 1.96. The van der Waals surface area contributed by atoms with Crippen molar-refractivity contribution in [2.24, 2.45) is 10.4 Å². The zero-order chi connectivity index (χ0) is 17.6. The van der Waals surface area contributed by atoms with Crippen LogP contribution in [0.3, 0.4) is 0 Å². The van der Waals surface area contributed by atoms with E-state index in [1.807, 2.05) is 0 Å². The van der Waals surface area contributed by atoms with Crippen molar-refractivity contribution in [1.29, 1.82) is 0 Å². The van der Waals surface area contributed by atoms with E-state index in [1.54, 1.807) is 25.3 Å². The topological polar surface area (TPSA) is 80.7 Å². The third-order valence-corrected chi connectivity index (χ3v) is 4.47. The zero-order valence-corrected chi connectivity index (χ0v) is 15.4. The minimum absolute atomic E-state index is 0.00768. The molecule has 1 heterocycles. The first kappa shape index (κ1) is 19.5. The average Bonchev–Trinajstić information content (AvgIpc) is 2.86. The summed E-state index contributed by atoms with van der Waals surface area (Å²) in [7, 11) is 0. The highest BCUT2D eigenvalue weighted by molar-refractivity contribution is 7.12. The normalized spacial score (nSPS) is 12.9. The molecule has 0 N–H and O–H groups in total. The van der Waals surface area contributed by atoms with Crippen LogP contribution in [-0.2, 0) is 11.3 Å². The molecule has 23 heavy (non-hydrogen) atoms. The molecule has 0 unspecified atom stereocenters. The summed E-state index contributed by atoms with van der Waals surface area (Å²) in [5, 5.41) is 11.0. The van der Waals surface area contributed by atoms with Crippen LogP contribution < -0.4 is 4.80 Å². The highest BCUT2D eigenvalue weighted by Gasteiger charge is 2.22. The Morgan fingerprint density at radius 2 is 2.00 bits per heavy atom. The van der Waals surface area contributed by atoms with Gasteiger partial charge in [0.15, 0.2) is 4.80 Å². The average molecular weight is 342 g/mol. The maximum atomic E-state index is 12.1. The Kier molecular flexibility index (Phi) is 7.08. The molecule has 0 saturated carbocycles. The van der Waals surface area contributed by atoms with Crippen molar-refractivity contribution in [2.75, 3.05) is 19.6 Å². The summed E-state index contributed by atoms with van der Waals surface area (Å²) in [4.78, 5) is 29.4. The fraction of sp³-hybridized carbons (Fsp3) is 0.733. The Morgan fingerprint density at radius 1 is 1.39 bits per heavy atom. The lowest BCUT2D eigenvalue weighted by Gasteiger charge is -2.17. The molecule has 0 aliphatic heterocycles. The zero-order valence-electron chi connectivity index (χ0n) is 14.5. The van der Waals surface area contributed by atoms with Gasteiger partial charge < -0.3 is 9.47 Å². The molecule has 1 amide bonds. The van der Waals surface area contributed by atoms with Gasteiger partial charge >= 0.3 is 5.00 Å². The molecule has 1 aromatic heterocycles. The number of carbonyl (C=O) groups excluding carboxylic acids is 1. The Bertz CT molecular complexity index is 609. The molecule has 0 atom stereocenters. The first-order valence-electron chi connectivity index (χ1n) is 7.85. The molecule has 0 aromatic carbocycles. The molecule has 0 spiro atoms. The second-order valence-electron chi connectivity index (χ2n) is 6.35. The van der Waals surface area contributed by atoms with Crippen molar-refractivity contribution in [1.82, 2.24) is 9.47 Å². The van der Waals surface area contributed by atoms with Crippen molar-refractivity contribution in [3.63, 3.8) is 0 Å². The third kappa shape index (κ3) is 5.87. The Hall–Kier alpha value is -1.54. The van der Waals surface area contributed by atoms with Gasteiger partial charge in [-0.1, -0.05) is 34.6 Å². The van der Waals surface area contributed by atoms with Crippen molar-refractivity contribution < 1.29 is 9.72 Å². The highest BCUT2D eigenvalue weighted by Crippen LogP contribution is 2.17. The largest absolute Gasteiger partial charge is 0.343 e. The van der Waals surface area contributed by atoms with Gasteiger partial charge in [0.2, 0.25) is 0 Å². The number of carbonyl (C=O) groups is 1. The number of aryl methyl sites for hydroxylation is 1. The highest BCUT2D eigenvalue weighted by atomic mass is 32.1. The standard InChI is InChI=1S/C15H26N4O3S/c1-6-17(7-2)9-8-10-18-11-12(19(21)22)23-14(18)16-13(20)15(3,4)5/h11H,6-10H2,1-5H3. The number of nitro groups is 1. The van der Waals surface area contributed by atoms with Gasteiger partial charge in [-0.15, -0.1) is 0 Å². The van der Waals surface area contributed by atoms with Gasteiger partial charge in [-0.3, -0.25) is 14.9 Å². The quantitative estimate of drug-likeness (QED) is 0.563. The molecule has 8 heteroatoms. The van der Waals surface area contributed by atoms with Gasteiger partial charge in [0, 0.05) is 12.0 Å². The first-order chi connectivity index (χ1) is 10.7. The molecule has 0 aliphatic carbocycles. The predicted octanol–water partition coefficient (Wildman–Crippen LogP) is 2.66. The smallest absolute Gasteiger partial charge is 0.317 e. The van der Waals surface area contributed by atoms with Crippen LogP contribution in [0.25, 0.3) is 0 Å². The number of hydrogen-bond acceptors (Lipinski definition) is 5. The lowest BCUT2D eigenvalue weighted by molar-refractivity contribution is -0.380. The minimum atomic E-state index is -0.599. The third-order valence-electron chi connectivity index (χ3n) is 3.49. The van der Waals surface area contributed by atoms with Crippen LogP contribution in [0.2, 0.25) is 0 Å². The van der Waals surface area contributed by atoms with Crippen LogP contribution in [0.15, 0.2) is 11.2 Å². The van der Waals surface area contributed by atoms with Gasteiger partial charge in [0.25, 0.3) is 5.91 Å². The number of nitrogens with zero attached hydrogens (tertiary/aromatic N) is 4. The summed E-state index contributed by atoms with van der Waals surface area (Å²) in [6.07, 6.45) is 2.33. The molecule has 0 radical (unpaired) electrons. The first-order valence-corrected chi connectivity index (χ1v) is 8.66. The summed E-state index contributed by atoms with van der Waals surface area (Å²) < 4.78 is 1.72. The number of thiazole rings is 1. The maximum absolute atomic E-state index is 12.1. The van der Waals surface area contributed by atoms with Crippen molar-refractivity contribution >= 4 is 22.2 Å². The molecule has 130 valence electrons. The maximum Gasteiger partial charge on any atom is 0.343 e. The second kappa shape index (κ2) is 8.35. The van der Waals surface area contributed by atoms with Crippen LogP contribution >= 0.6 is 11.3 Å². The van der Waals surface area contributed by atoms with E-state index >= 15 is 0 Å². The van der Waals surface area contributed by atoms with Gasteiger partial charge in [0.1, 0.15) is 0 Å². The van der Waals surface area contributed by atoms with Crippen molar-refractivity contribution in [2.45, 2.75) is 47.6 Å². The van der Waals surface area contributed by atoms with Crippen LogP contribution in [0.4, 0.5) is 5.00 Å². The Morgan fingerprint density at radius 3 is 2.48 bits per heavy atom. The number of rotatable bonds is 7. The van der Waals surface area contributed by atoms with E-state index in [0.29, 0.717) is 11.3 Å². The molecule has 0 saturated heterocycles. The van der Waals surface area contributed by atoms with E-state index in [4.69, 9.17) is 0 Å². The van der Waals surface area contributed by atoms with E-state index in [9.17, 15) is 14.9 Å². The van der Waals surface area contributed by atoms with Crippen LogP contribution in [-0.4, -0.2) is 39.9 Å². The van der Waals surface area contributed by atoms with Gasteiger partial charge in [-0.2, -0.15) is 4.99 Å². The molecule has 1 rings (SSSR count). The SMILES string of the molecule is CCN(CC)CCCn1cc([N+](=O)[O-])sc1=NC(=O)C(C)(C)C. The van der Waals surface area contributed by atoms with E-state index < -0.39 is 10.3 Å². The van der Waals surface area contributed by atoms with Gasteiger partial charge in [-0.05, 0) is 37.4 Å². The second-order valence-corrected chi connectivity index (χ2v) is 7.34. The van der Waals surface area contributed by atoms with E-state index in [0.717, 1.165) is 37.4 Å². The molecule has 0 bridgehead atoms. The summed E-state index contributed by atoms with van der Waals surface area (Å²) in [5.41, 5.74) is -0.599. The Labute approximate surface area is 140 Å². The molecular weight excluding hydrogens is 316 g/mol. The summed E-state index contributed by atoms with van der Waals surface area (Å²) >= 11 is 0.945. The van der Waals surface area contributed by atoms with E-state index in [1.165, 1.54) is 6.20 Å². The summed E-state index contributed by atoms with van der Waals surface area (Å²) in [5.74, 6) is -0.272. The van der Waals surface area contributed by atoms with Gasteiger partial charge in [-0.25, -0.2) is 0 Å². The molecule has 0 aliphatic rings. The van der Waals surface area contributed by atoms with E-state index in [-0.39, 0.29) is 10.9 Å². The predicted molar refractivity (Wildman–Crippen MR) is 91.4 cm³/mol. The minimum Gasteiger partial charge on any atom is -0.317 e. The molecule has 1 aromatic rings. The molecular formula is C15H26N4O3S. The van der Waals surface area contributed by atoms with Gasteiger partial charge in [0.05, 0.1) is 11.1 Å². The van der Waals surface area contributed by atoms with Crippen LogP contribution in [0.1, 0.15) is 41.0 Å². The summed E-state index contributed by atoms with van der Waals surface area (Å²) in [6, 6.07) is 0. The van der Waals surface area contributed by atoms with E-state index in [2.05, 4.69) is 23.7 Å². The lowest BCUT2D eigenvalue weighted by Crippen LogP contribution is -2.27. The van der Waals surface area contributed by atoms with Crippen LogP contribution in [0, 0.1) is 15.5 Å².